The average Bonchev–Trinajstić information content (AvgIpc) is 2.66. The van der Waals surface area contributed by atoms with Gasteiger partial charge in [0.25, 0.3) is 5.91 Å². The van der Waals surface area contributed by atoms with Gasteiger partial charge in [-0.2, -0.15) is 5.10 Å². The van der Waals surface area contributed by atoms with Crippen LogP contribution in [-0.2, 0) is 0 Å². The van der Waals surface area contributed by atoms with E-state index < -0.39 is 5.82 Å². The van der Waals surface area contributed by atoms with Gasteiger partial charge in [-0.15, -0.1) is 5.10 Å². The van der Waals surface area contributed by atoms with E-state index in [0.717, 1.165) is 16.5 Å². The highest BCUT2D eigenvalue weighted by molar-refractivity contribution is 6.11. The first kappa shape index (κ1) is 17.8. The Morgan fingerprint density at radius 3 is 2.50 bits per heavy atom. The monoisotopic (exact) mass is 353 g/mol. The summed E-state index contributed by atoms with van der Waals surface area (Å²) < 4.78 is 19.5. The minimum absolute atomic E-state index is 0.0390. The molecule has 0 fully saturated rings. The quantitative estimate of drug-likeness (QED) is 0.692. The highest BCUT2D eigenvalue weighted by Crippen LogP contribution is 2.29. The summed E-state index contributed by atoms with van der Waals surface area (Å²) in [7, 11) is 0. The van der Waals surface area contributed by atoms with Crippen molar-refractivity contribution in [2.45, 2.75) is 20.8 Å². The molecule has 0 spiro atoms. The number of aryl methyl sites for hydroxylation is 1. The van der Waals surface area contributed by atoms with Gasteiger partial charge in [-0.3, -0.25) is 9.69 Å². The maximum absolute atomic E-state index is 14.1. The first-order chi connectivity index (χ1) is 12.6. The SMILES string of the molecule is CCOc1c(F)cccc1C(=O)N(CC)c1nnc(C)c2ccccc12. The third-order valence-corrected chi connectivity index (χ3v) is 4.16. The van der Waals surface area contributed by atoms with E-state index >= 15 is 0 Å². The Morgan fingerprint density at radius 1 is 1.08 bits per heavy atom. The molecule has 2 aromatic carbocycles. The fourth-order valence-corrected chi connectivity index (χ4v) is 2.93. The molecular weight excluding hydrogens is 333 g/mol. The van der Waals surface area contributed by atoms with Gasteiger partial charge < -0.3 is 4.74 Å². The van der Waals surface area contributed by atoms with Gasteiger partial charge in [0.1, 0.15) is 0 Å². The van der Waals surface area contributed by atoms with Crippen LogP contribution in [0, 0.1) is 12.7 Å². The number of hydrogen-bond acceptors (Lipinski definition) is 4. The number of aromatic nitrogens is 2. The molecule has 0 aliphatic heterocycles. The molecule has 3 rings (SSSR count). The van der Waals surface area contributed by atoms with Crippen LogP contribution in [0.5, 0.6) is 5.75 Å². The number of carbonyl (C=O) groups excluding carboxylic acids is 1. The van der Waals surface area contributed by atoms with E-state index in [2.05, 4.69) is 10.2 Å². The lowest BCUT2D eigenvalue weighted by atomic mass is 10.1. The molecule has 0 saturated heterocycles. The summed E-state index contributed by atoms with van der Waals surface area (Å²) in [6.45, 7) is 6.09. The van der Waals surface area contributed by atoms with Crippen molar-refractivity contribution in [2.75, 3.05) is 18.1 Å². The van der Waals surface area contributed by atoms with E-state index in [1.807, 2.05) is 38.1 Å². The smallest absolute Gasteiger partial charge is 0.263 e. The molecule has 0 saturated carbocycles. The molecule has 0 bridgehead atoms. The lowest BCUT2D eigenvalue weighted by Crippen LogP contribution is -2.32. The molecule has 1 amide bonds. The number of benzene rings is 2. The minimum atomic E-state index is -0.561. The number of para-hydroxylation sites is 1. The lowest BCUT2D eigenvalue weighted by molar-refractivity contribution is 0.0983. The lowest BCUT2D eigenvalue weighted by Gasteiger charge is -2.22. The number of halogens is 1. The number of anilines is 1. The Morgan fingerprint density at radius 2 is 1.81 bits per heavy atom. The predicted octanol–water partition coefficient (Wildman–Crippen LogP) is 4.14. The fourth-order valence-electron chi connectivity index (χ4n) is 2.93. The van der Waals surface area contributed by atoms with E-state index in [0.29, 0.717) is 12.4 Å². The molecular formula is C20H20FN3O2. The molecule has 0 aliphatic carbocycles. The van der Waals surface area contributed by atoms with Crippen molar-refractivity contribution < 1.29 is 13.9 Å². The zero-order valence-electron chi connectivity index (χ0n) is 15.0. The van der Waals surface area contributed by atoms with E-state index in [-0.39, 0.29) is 23.8 Å². The molecule has 0 atom stereocenters. The van der Waals surface area contributed by atoms with Gasteiger partial charge >= 0.3 is 0 Å². The van der Waals surface area contributed by atoms with E-state index in [1.54, 1.807) is 13.0 Å². The molecule has 1 heterocycles. The van der Waals surface area contributed by atoms with Crippen LogP contribution >= 0.6 is 0 Å². The maximum atomic E-state index is 14.1. The standard InChI is InChI=1S/C20H20FN3O2/c1-4-24(19-15-10-7-6-9-14(15)13(3)22-23-19)20(25)16-11-8-12-17(21)18(16)26-5-2/h6-12H,4-5H2,1-3H3. The summed E-state index contributed by atoms with van der Waals surface area (Å²) in [4.78, 5) is 14.7. The topological polar surface area (TPSA) is 55.3 Å². The molecule has 3 aromatic rings. The van der Waals surface area contributed by atoms with Gasteiger partial charge in [0.05, 0.1) is 17.9 Å². The van der Waals surface area contributed by atoms with Crippen LogP contribution in [0.4, 0.5) is 10.2 Å². The van der Waals surface area contributed by atoms with Crippen LogP contribution in [-0.4, -0.2) is 29.3 Å². The predicted molar refractivity (Wildman–Crippen MR) is 99.2 cm³/mol. The third-order valence-electron chi connectivity index (χ3n) is 4.16. The van der Waals surface area contributed by atoms with Crippen molar-refractivity contribution in [3.05, 3.63) is 59.5 Å². The molecule has 0 unspecified atom stereocenters. The van der Waals surface area contributed by atoms with Crippen LogP contribution in [0.2, 0.25) is 0 Å². The first-order valence-corrected chi connectivity index (χ1v) is 8.53. The van der Waals surface area contributed by atoms with Crippen molar-refractivity contribution in [1.29, 1.82) is 0 Å². The fraction of sp³-hybridized carbons (Fsp3) is 0.250. The third kappa shape index (κ3) is 3.10. The molecule has 134 valence electrons. The molecule has 26 heavy (non-hydrogen) atoms. The Labute approximate surface area is 151 Å². The summed E-state index contributed by atoms with van der Waals surface area (Å²) in [5.74, 6) is -0.527. The van der Waals surface area contributed by atoms with Crippen LogP contribution in [0.15, 0.2) is 42.5 Å². The number of nitrogens with zero attached hydrogens (tertiary/aromatic N) is 3. The number of amides is 1. The van der Waals surface area contributed by atoms with Crippen LogP contribution in [0.1, 0.15) is 29.9 Å². The second-order valence-electron chi connectivity index (χ2n) is 5.75. The van der Waals surface area contributed by atoms with Crippen LogP contribution < -0.4 is 9.64 Å². The number of fused-ring (bicyclic) bond motifs is 1. The Kier molecular flexibility index (Phi) is 5.11. The molecule has 0 N–H and O–H groups in total. The molecule has 0 aliphatic rings. The molecule has 0 radical (unpaired) electrons. The van der Waals surface area contributed by atoms with E-state index in [9.17, 15) is 9.18 Å². The van der Waals surface area contributed by atoms with Crippen molar-refractivity contribution in [2.24, 2.45) is 0 Å². The minimum Gasteiger partial charge on any atom is -0.490 e. The Balaban J connectivity index is 2.13. The Hall–Kier alpha value is -3.02. The first-order valence-electron chi connectivity index (χ1n) is 8.53. The van der Waals surface area contributed by atoms with Gasteiger partial charge in [0.15, 0.2) is 17.4 Å². The highest BCUT2D eigenvalue weighted by Gasteiger charge is 2.25. The van der Waals surface area contributed by atoms with Crippen molar-refractivity contribution >= 4 is 22.5 Å². The second kappa shape index (κ2) is 7.47. The van der Waals surface area contributed by atoms with Crippen molar-refractivity contribution in [3.63, 3.8) is 0 Å². The number of rotatable bonds is 5. The van der Waals surface area contributed by atoms with Gasteiger partial charge in [-0.05, 0) is 32.9 Å². The van der Waals surface area contributed by atoms with Gasteiger partial charge in [-0.25, -0.2) is 4.39 Å². The summed E-state index contributed by atoms with van der Waals surface area (Å²) in [6.07, 6.45) is 0. The van der Waals surface area contributed by atoms with E-state index in [1.165, 1.54) is 17.0 Å². The summed E-state index contributed by atoms with van der Waals surface area (Å²) >= 11 is 0. The van der Waals surface area contributed by atoms with Crippen LogP contribution in [0.25, 0.3) is 10.8 Å². The highest BCUT2D eigenvalue weighted by atomic mass is 19.1. The number of ether oxygens (including phenoxy) is 1. The summed E-state index contributed by atoms with van der Waals surface area (Å²) in [5.41, 5.74) is 0.953. The van der Waals surface area contributed by atoms with Gasteiger partial charge in [0, 0.05) is 17.3 Å². The van der Waals surface area contributed by atoms with Crippen molar-refractivity contribution in [3.8, 4) is 5.75 Å². The number of hydrogen-bond donors (Lipinski definition) is 0. The number of carbonyl (C=O) groups is 1. The van der Waals surface area contributed by atoms with E-state index in [4.69, 9.17) is 4.74 Å². The van der Waals surface area contributed by atoms with Gasteiger partial charge in [0.2, 0.25) is 0 Å². The Bertz CT molecular complexity index is 959. The molecule has 1 aromatic heterocycles. The van der Waals surface area contributed by atoms with Crippen molar-refractivity contribution in [1.82, 2.24) is 10.2 Å². The maximum Gasteiger partial charge on any atom is 0.263 e. The van der Waals surface area contributed by atoms with Crippen LogP contribution in [0.3, 0.4) is 0 Å². The second-order valence-corrected chi connectivity index (χ2v) is 5.75. The zero-order chi connectivity index (χ0) is 18.7. The molecule has 5 nitrogen and oxygen atoms in total. The average molecular weight is 353 g/mol. The summed E-state index contributed by atoms with van der Waals surface area (Å²) in [6, 6.07) is 12.0. The summed E-state index contributed by atoms with van der Waals surface area (Å²) in [5, 5.41) is 10.2. The molecule has 6 heteroatoms. The van der Waals surface area contributed by atoms with Gasteiger partial charge in [-0.1, -0.05) is 30.3 Å². The largest absolute Gasteiger partial charge is 0.490 e. The normalized spacial score (nSPS) is 10.8. The zero-order valence-corrected chi connectivity index (χ0v) is 15.0.